The molecule has 2 aromatic heterocycles. The van der Waals surface area contributed by atoms with Crippen LogP contribution in [-0.2, 0) is 49.1 Å². The molecule has 17 aliphatic heterocycles. The summed E-state index contributed by atoms with van der Waals surface area (Å²) in [4.78, 5) is 62.9. The number of halogens is 1. The van der Waals surface area contributed by atoms with E-state index in [1.807, 2.05) is 125 Å². The van der Waals surface area contributed by atoms with E-state index in [9.17, 15) is 15.0 Å². The predicted octanol–water partition coefficient (Wildman–Crippen LogP) is 22.8. The molecule has 0 amide bonds. The number of hydrogen-bond donors (Lipinski definition) is 6. The van der Waals surface area contributed by atoms with E-state index in [2.05, 4.69) is 310 Å². The number of rotatable bonds is 5. The summed E-state index contributed by atoms with van der Waals surface area (Å²) in [5.41, 5.74) is 41.9. The van der Waals surface area contributed by atoms with Crippen LogP contribution in [0.15, 0.2) is 349 Å². The summed E-state index contributed by atoms with van der Waals surface area (Å²) >= 11 is 2.28. The number of nitrogens with zero attached hydrogens (tertiary/aromatic N) is 10. The number of carbonyl (C=O) groups is 3. The third-order valence-electron chi connectivity index (χ3n) is 29.3. The van der Waals surface area contributed by atoms with Crippen molar-refractivity contribution < 1.29 is 72.7 Å². The second-order valence-corrected chi connectivity index (χ2v) is 42.3. The molecule has 0 radical (unpaired) electrons. The molecule has 6 N–H and O–H groups in total. The van der Waals surface area contributed by atoms with Gasteiger partial charge in [0, 0.05) is 90.8 Å². The van der Waals surface area contributed by atoms with E-state index in [1.54, 1.807) is 0 Å². The van der Waals surface area contributed by atoms with Crippen molar-refractivity contribution in [3.63, 3.8) is 0 Å². The molecule has 5 aromatic carbocycles. The van der Waals surface area contributed by atoms with Crippen LogP contribution in [0.1, 0.15) is 202 Å². The van der Waals surface area contributed by atoms with E-state index in [1.165, 1.54) is 89.2 Å². The number of aliphatic hydroxyl groups is 2. The zero-order valence-electron chi connectivity index (χ0n) is 85.4. The number of benzene rings is 5. The van der Waals surface area contributed by atoms with Gasteiger partial charge < -0.3 is 40.4 Å². The molecule has 17 aliphatic rings. The summed E-state index contributed by atoms with van der Waals surface area (Å²) in [7, 11) is -0.240. The third kappa shape index (κ3) is 17.4. The standard InChI is InChI=1S/C39H32N4O.C32H29IN4O.C32H30N4O.C12H17BO2.2C2H4O2.2CH4.Zn/c1-21-18-22(2)33(23(3)19-21)35-30-15-14-28-24(4)27-13-12-26-20-32-38(5,6)37(44)36-34(25-10-8-7-9-11-25)29-16-17-31(35)42(29)39(40(26)27,41(28)30)43(32)36;1-16-13-17(2)27(18(3)14-16)28-23-10-9-22(35-23)19(4)21-8-7-20(34-21)15-26-32(5,6)31(38)30(37-26)29(33)25-12-11-24(28)36-25;1-17-13-18(2)29(19(3)14-17)30-25-10-8-21(34-25)15-27-31(37)32(5,6)28(36-27)16-22-7-9-23(33-22)20(4)24-11-12-26(30)35-24;1-11(2)12(3,4)15-13(14-11)10-8-6-5-7-9-10;2*1-2(3)4;;;/h7-20H,1-6H3;7-15,37-38H,1-6H3;7-16,36-37H,1-6H3;5-9H,1-4H3;2*1H3,(H,3,4);2*1H4;/q+2;;;;;;;;/t39-;;;;;;;;/m1......../s1. The van der Waals surface area contributed by atoms with E-state index in [0.29, 0.717) is 22.9 Å². The molecule has 24 rings (SSSR count). The number of ketones is 1. The molecular formula is C121H124BIN12O9Zn+2. The van der Waals surface area contributed by atoms with Gasteiger partial charge in [-0.1, -0.05) is 138 Å². The molecule has 1 saturated heterocycles. The van der Waals surface area contributed by atoms with Gasteiger partial charge in [-0.15, -0.1) is 0 Å². The fourth-order valence-electron chi connectivity index (χ4n) is 21.8. The van der Waals surface area contributed by atoms with E-state index in [0.717, 1.165) is 170 Å². The SMILES string of the molecule is C.C.CC(=O)O.CC(=O)O.CC1(C)OB(c2ccccc2)OC1(C)C.CC1=C2C=CC(=N2)C=C2NC(=C(O)C2(C)C)C(I)=C2C=CC(=N2)C(c2c(C)cc(C)cc2C)=C2C=CC1=N2.CC1=C2C=CC(=N2)C=C2NC(=C(O)C2(C)C)C=C2C=CC(=N2)C(c2c(C)cc(C)cc2C)=C2C=CC1=N2.CC1=c2ccc3n2[C@]24n5c(ccc5C(c5c(C)cc(C)cc5C)=C5C=CC1=[N+]52)C(c1ccccc1)=C1C(=O)C(C)(C)C(=[N+]14)C=3.[Zn]. The minimum Gasteiger partial charge on any atom is -0.509 e. The number of aromatic nitrogens is 2. The average Bonchev–Trinajstić information content (AvgIpc) is 1.47. The maximum Gasteiger partial charge on any atom is 0.553 e. The Morgan fingerprint density at radius 2 is 0.869 bits per heavy atom. The number of Topliss-reactive ketones (excluding diaryl/α,β-unsaturated/α-hetero) is 1. The summed E-state index contributed by atoms with van der Waals surface area (Å²) in [6, 6.07) is 43.0. The largest absolute Gasteiger partial charge is 0.553 e. The van der Waals surface area contributed by atoms with Gasteiger partial charge in [-0.2, -0.15) is 9.13 Å². The summed E-state index contributed by atoms with van der Waals surface area (Å²) in [6.07, 6.45) is 37.3. The number of carboxylic acids is 2. The molecule has 24 heteroatoms. The Bertz CT molecular complexity index is 7980. The number of nitrogens with one attached hydrogen (secondary N) is 2. The topological polar surface area (TPSA) is 265 Å². The third-order valence-corrected chi connectivity index (χ3v) is 30.4. The van der Waals surface area contributed by atoms with Gasteiger partial charge in [0.2, 0.25) is 22.9 Å². The smallest absolute Gasteiger partial charge is 0.509 e. The Balaban J connectivity index is 0.000000139. The summed E-state index contributed by atoms with van der Waals surface area (Å²) < 4.78 is 22.7. The van der Waals surface area contributed by atoms with Crippen molar-refractivity contribution in [3.05, 3.63) is 414 Å². The van der Waals surface area contributed by atoms with Crippen molar-refractivity contribution in [2.45, 2.75) is 198 Å². The van der Waals surface area contributed by atoms with Crippen LogP contribution >= 0.6 is 22.6 Å². The van der Waals surface area contributed by atoms with Crippen LogP contribution in [0, 0.1) is 78.6 Å². The van der Waals surface area contributed by atoms with Crippen LogP contribution in [0.4, 0.5) is 0 Å². The van der Waals surface area contributed by atoms with Gasteiger partial charge in [-0.05, 0) is 351 Å². The van der Waals surface area contributed by atoms with E-state index in [4.69, 9.17) is 59.1 Å². The number of aryl methyl sites for hydroxylation is 9. The first-order valence-corrected chi connectivity index (χ1v) is 49.1. The maximum absolute atomic E-state index is 14.8. The van der Waals surface area contributed by atoms with Crippen LogP contribution in [0.25, 0.3) is 33.9 Å². The molecule has 7 aromatic rings. The maximum atomic E-state index is 14.8. The van der Waals surface area contributed by atoms with Crippen LogP contribution in [0.5, 0.6) is 0 Å². The van der Waals surface area contributed by atoms with Gasteiger partial charge in [0.05, 0.1) is 139 Å². The molecule has 21 nitrogen and oxygen atoms in total. The molecule has 0 saturated carbocycles. The predicted molar refractivity (Wildman–Crippen MR) is 593 cm³/mol. The summed E-state index contributed by atoms with van der Waals surface area (Å²) in [5, 5.41) is 46.4. The number of hydrogen-bond acceptors (Lipinski definition) is 15. The van der Waals surface area contributed by atoms with Gasteiger partial charge >= 0.3 is 13.0 Å². The summed E-state index contributed by atoms with van der Waals surface area (Å²) in [6.45, 7) is 48.5. The van der Waals surface area contributed by atoms with Crippen LogP contribution in [0.3, 0.4) is 0 Å². The number of carbonyl (C=O) groups excluding carboxylic acids is 1. The zero-order valence-corrected chi connectivity index (χ0v) is 90.5. The summed E-state index contributed by atoms with van der Waals surface area (Å²) in [5.74, 6) is -1.75. The molecule has 732 valence electrons. The molecule has 1 fully saturated rings. The number of carboxylic acid groups (broad SMARTS) is 2. The minimum absolute atomic E-state index is 0. The molecular weight excluding hydrogens is 1970 g/mol. The van der Waals surface area contributed by atoms with Gasteiger partial charge in [-0.3, -0.25) is 14.4 Å². The van der Waals surface area contributed by atoms with E-state index >= 15 is 0 Å². The molecule has 0 unspecified atom stereocenters. The molecule has 0 aliphatic carbocycles. The van der Waals surface area contributed by atoms with Gasteiger partial charge in [0.25, 0.3) is 17.6 Å². The first kappa shape index (κ1) is 104. The molecule has 1 atom stereocenters. The number of fused-ring (bicyclic) bond motifs is 10. The molecule has 19 heterocycles. The Labute approximate surface area is 876 Å². The first-order valence-electron chi connectivity index (χ1n) is 48.0. The van der Waals surface area contributed by atoms with Crippen LogP contribution in [-0.4, -0.2) is 120 Å². The first-order chi connectivity index (χ1) is 67.2. The Hall–Kier alpha value is -14.0. The average molecular weight is 2090 g/mol. The number of aliphatic imine (C=N–C) groups is 6. The van der Waals surface area contributed by atoms with Crippen LogP contribution in [0.2, 0.25) is 0 Å². The van der Waals surface area contributed by atoms with E-state index < -0.39 is 34.1 Å². The molecule has 145 heavy (non-hydrogen) atoms. The van der Waals surface area contributed by atoms with Crippen molar-refractivity contribution in [3.8, 4) is 0 Å². The van der Waals surface area contributed by atoms with Crippen molar-refractivity contribution in [2.75, 3.05) is 0 Å². The normalized spacial score (nSPS) is 20.7. The number of aliphatic hydroxyl groups excluding tert-OH is 2. The van der Waals surface area contributed by atoms with E-state index in [-0.39, 0.29) is 58.4 Å². The number of aliphatic carboxylic acids is 2. The molecule has 16 bridgehead atoms. The van der Waals surface area contributed by atoms with Gasteiger partial charge in [0.1, 0.15) is 16.9 Å². The quantitative estimate of drug-likeness (QED) is 0.0536. The zero-order chi connectivity index (χ0) is 101. The van der Waals surface area contributed by atoms with Crippen molar-refractivity contribution >= 4 is 133 Å². The van der Waals surface area contributed by atoms with Crippen molar-refractivity contribution in [2.24, 2.45) is 46.2 Å². The fraction of sp³-hybridized carbons (Fsp3) is 0.264. The minimum atomic E-state index is -0.840. The van der Waals surface area contributed by atoms with Crippen molar-refractivity contribution in [1.29, 1.82) is 0 Å². The Kier molecular flexibility index (Phi) is 27.3. The monoisotopic (exact) mass is 2090 g/mol. The second-order valence-electron chi connectivity index (χ2n) is 41.2. The molecule has 1 spiro atoms. The van der Waals surface area contributed by atoms with Gasteiger partial charge in [-0.25, -0.2) is 30.0 Å². The van der Waals surface area contributed by atoms with Crippen LogP contribution < -0.4 is 26.8 Å². The van der Waals surface area contributed by atoms with Crippen molar-refractivity contribution in [1.82, 2.24) is 19.8 Å². The number of allylic oxidation sites excluding steroid dienone is 23. The Morgan fingerprint density at radius 3 is 1.38 bits per heavy atom. The Morgan fingerprint density at radius 1 is 0.434 bits per heavy atom. The fourth-order valence-corrected chi connectivity index (χ4v) is 22.5. The van der Waals surface area contributed by atoms with Gasteiger partial charge in [0.15, 0.2) is 0 Å². The second kappa shape index (κ2) is 38.2.